The highest BCUT2D eigenvalue weighted by molar-refractivity contribution is 5.97. The van der Waals surface area contributed by atoms with E-state index in [9.17, 15) is 34.5 Å². The fraction of sp³-hybridized carbons (Fsp3) is 0.111. The van der Waals surface area contributed by atoms with E-state index < -0.39 is 23.9 Å². The largest absolute Gasteiger partial charge is 0.478 e. The molecule has 0 fully saturated rings. The molecule has 0 bridgehead atoms. The second-order valence-corrected chi connectivity index (χ2v) is 5.53. The second kappa shape index (κ2) is 5.99. The van der Waals surface area contributed by atoms with Gasteiger partial charge in [0.05, 0.1) is 28.9 Å². The first kappa shape index (κ1) is 17.2. The summed E-state index contributed by atoms with van der Waals surface area (Å²) >= 11 is 0. The van der Waals surface area contributed by atoms with Gasteiger partial charge in [-0.15, -0.1) is 0 Å². The van der Waals surface area contributed by atoms with Gasteiger partial charge in [-0.3, -0.25) is 0 Å². The summed E-state index contributed by atoms with van der Waals surface area (Å²) in [5.41, 5.74) is -0.766. The van der Waals surface area contributed by atoms with Crippen LogP contribution in [0.1, 0.15) is 48.4 Å². The standard InChI is InChI=1S/C18H12O8/c1-2-26-18(25)12-6-8(16(21)22)4-10-13-9(14(10)12)3-7(15(19)20)5-11(13)17(23)24/h3-6H,2H2,1H3,(H,19,20)(H,21,22)(H,23,24). The SMILES string of the molecule is CCOC(=O)c1cc(C(=O)O)cc2c1=c1cc(C(=O)O)cc(C(=O)O)c1=2. The van der Waals surface area contributed by atoms with E-state index in [1.807, 2.05) is 0 Å². The van der Waals surface area contributed by atoms with Crippen LogP contribution in [0.15, 0.2) is 24.3 Å². The number of ether oxygens (including phenoxy) is 1. The quantitative estimate of drug-likeness (QED) is 0.589. The van der Waals surface area contributed by atoms with Gasteiger partial charge in [0, 0.05) is 10.4 Å². The average molecular weight is 356 g/mol. The topological polar surface area (TPSA) is 138 Å². The van der Waals surface area contributed by atoms with E-state index in [4.69, 9.17) is 4.74 Å². The van der Waals surface area contributed by atoms with Gasteiger partial charge < -0.3 is 20.1 Å². The molecule has 0 saturated carbocycles. The van der Waals surface area contributed by atoms with Crippen molar-refractivity contribution in [1.82, 2.24) is 0 Å². The molecule has 0 saturated heterocycles. The third-order valence-electron chi connectivity index (χ3n) is 4.04. The Kier molecular flexibility index (Phi) is 3.96. The van der Waals surface area contributed by atoms with Crippen molar-refractivity contribution < 1.29 is 39.2 Å². The van der Waals surface area contributed by atoms with Crippen LogP contribution in [-0.4, -0.2) is 45.8 Å². The van der Waals surface area contributed by atoms with E-state index in [1.54, 1.807) is 6.92 Å². The maximum absolute atomic E-state index is 12.2. The molecule has 2 aromatic carbocycles. The number of carboxylic acid groups (broad SMARTS) is 3. The fourth-order valence-corrected chi connectivity index (χ4v) is 2.98. The Morgan fingerprint density at radius 1 is 0.769 bits per heavy atom. The van der Waals surface area contributed by atoms with Crippen LogP contribution < -0.4 is 0 Å². The van der Waals surface area contributed by atoms with Gasteiger partial charge in [-0.05, 0) is 41.6 Å². The van der Waals surface area contributed by atoms with Gasteiger partial charge in [-0.25, -0.2) is 19.2 Å². The zero-order valence-corrected chi connectivity index (χ0v) is 13.4. The van der Waals surface area contributed by atoms with Crippen LogP contribution >= 0.6 is 0 Å². The Hall–Kier alpha value is -3.68. The van der Waals surface area contributed by atoms with Crippen LogP contribution in [0.2, 0.25) is 0 Å². The molecule has 0 aliphatic heterocycles. The molecule has 3 rings (SSSR count). The highest BCUT2D eigenvalue weighted by Gasteiger charge is 2.22. The van der Waals surface area contributed by atoms with E-state index in [2.05, 4.69) is 0 Å². The molecule has 0 unspecified atom stereocenters. The summed E-state index contributed by atoms with van der Waals surface area (Å²) in [6.45, 7) is 1.65. The molecule has 26 heavy (non-hydrogen) atoms. The summed E-state index contributed by atoms with van der Waals surface area (Å²) in [4.78, 5) is 46.4. The minimum Gasteiger partial charge on any atom is -0.478 e. The molecule has 132 valence electrons. The monoisotopic (exact) mass is 356 g/mol. The number of aromatic carboxylic acids is 3. The Morgan fingerprint density at radius 2 is 1.23 bits per heavy atom. The molecular formula is C18H12O8. The van der Waals surface area contributed by atoms with Crippen molar-refractivity contribution in [2.45, 2.75) is 6.92 Å². The van der Waals surface area contributed by atoms with Crippen molar-refractivity contribution in [3.63, 3.8) is 0 Å². The maximum Gasteiger partial charge on any atom is 0.338 e. The van der Waals surface area contributed by atoms with Crippen LogP contribution in [0.25, 0.3) is 0 Å². The normalized spacial score (nSPS) is 11.0. The summed E-state index contributed by atoms with van der Waals surface area (Å²) in [6, 6.07) is 4.66. The lowest BCUT2D eigenvalue weighted by molar-refractivity contribution is 0.0524. The molecule has 1 aliphatic carbocycles. The van der Waals surface area contributed by atoms with Crippen molar-refractivity contribution in [1.29, 1.82) is 0 Å². The number of rotatable bonds is 5. The minimum atomic E-state index is -1.35. The van der Waals surface area contributed by atoms with Gasteiger partial charge >= 0.3 is 23.9 Å². The van der Waals surface area contributed by atoms with E-state index in [-0.39, 0.29) is 49.7 Å². The number of esters is 1. The van der Waals surface area contributed by atoms with E-state index >= 15 is 0 Å². The summed E-state index contributed by atoms with van der Waals surface area (Å²) in [5.74, 6) is -4.72. The lowest BCUT2D eigenvalue weighted by atomic mass is 9.90. The van der Waals surface area contributed by atoms with E-state index in [1.165, 1.54) is 12.1 Å². The number of carbonyl (C=O) groups is 4. The third kappa shape index (κ3) is 2.48. The Bertz CT molecular complexity index is 1190. The first-order valence-electron chi connectivity index (χ1n) is 7.50. The summed E-state index contributed by atoms with van der Waals surface area (Å²) in [7, 11) is 0. The molecule has 3 N–H and O–H groups in total. The lowest BCUT2D eigenvalue weighted by Crippen LogP contribution is -2.14. The zero-order valence-electron chi connectivity index (χ0n) is 13.4. The summed E-state index contributed by atoms with van der Waals surface area (Å²) in [6.07, 6.45) is 0. The number of carbonyl (C=O) groups excluding carboxylic acids is 1. The van der Waals surface area contributed by atoms with Crippen molar-refractivity contribution in [2.24, 2.45) is 0 Å². The van der Waals surface area contributed by atoms with Crippen LogP contribution in [0.3, 0.4) is 0 Å². The predicted octanol–water partition coefficient (Wildman–Crippen LogP) is 1.85. The third-order valence-corrected chi connectivity index (χ3v) is 4.04. The Morgan fingerprint density at radius 3 is 1.65 bits per heavy atom. The van der Waals surface area contributed by atoms with Crippen molar-refractivity contribution in [2.75, 3.05) is 6.61 Å². The molecule has 0 spiro atoms. The van der Waals surface area contributed by atoms with Crippen molar-refractivity contribution >= 4 is 23.9 Å². The smallest absolute Gasteiger partial charge is 0.338 e. The molecule has 0 radical (unpaired) electrons. The maximum atomic E-state index is 12.2. The van der Waals surface area contributed by atoms with Gasteiger partial charge in [0.1, 0.15) is 0 Å². The molecule has 0 heterocycles. The summed E-state index contributed by atoms with van der Waals surface area (Å²) in [5, 5.41) is 28.9. The number of benzene rings is 2. The first-order valence-corrected chi connectivity index (χ1v) is 7.50. The molecular weight excluding hydrogens is 344 g/mol. The van der Waals surface area contributed by atoms with Gasteiger partial charge in [-0.2, -0.15) is 0 Å². The highest BCUT2D eigenvalue weighted by Crippen LogP contribution is 2.24. The minimum absolute atomic E-state index is 0.0480. The second-order valence-electron chi connectivity index (χ2n) is 5.53. The molecule has 0 amide bonds. The van der Waals surface area contributed by atoms with Crippen LogP contribution in [-0.2, 0) is 4.74 Å². The first-order chi connectivity index (χ1) is 12.3. The van der Waals surface area contributed by atoms with Crippen LogP contribution in [0.4, 0.5) is 0 Å². The summed E-state index contributed by atoms with van der Waals surface area (Å²) < 4.78 is 4.94. The number of hydrogen-bond acceptors (Lipinski definition) is 5. The Labute approximate surface area is 144 Å². The molecule has 8 heteroatoms. The average Bonchev–Trinajstić information content (AvgIpc) is 2.57. The van der Waals surface area contributed by atoms with Crippen LogP contribution in [0.5, 0.6) is 0 Å². The number of carboxylic acids is 3. The zero-order chi connectivity index (χ0) is 19.2. The number of fused-ring (bicyclic) bond motifs is 2. The van der Waals surface area contributed by atoms with E-state index in [0.29, 0.717) is 0 Å². The van der Waals surface area contributed by atoms with Crippen molar-refractivity contribution in [3.8, 4) is 0 Å². The Balaban J connectivity index is 2.52. The predicted molar refractivity (Wildman–Crippen MR) is 85.1 cm³/mol. The van der Waals surface area contributed by atoms with Crippen LogP contribution in [0, 0.1) is 20.9 Å². The van der Waals surface area contributed by atoms with Gasteiger partial charge in [0.15, 0.2) is 0 Å². The highest BCUT2D eigenvalue weighted by atomic mass is 16.5. The van der Waals surface area contributed by atoms with E-state index in [0.717, 1.165) is 12.1 Å². The molecule has 2 aromatic rings. The van der Waals surface area contributed by atoms with Gasteiger partial charge in [-0.1, -0.05) is 0 Å². The molecule has 8 nitrogen and oxygen atoms in total. The van der Waals surface area contributed by atoms with Gasteiger partial charge in [0.25, 0.3) is 0 Å². The van der Waals surface area contributed by atoms with Gasteiger partial charge in [0.2, 0.25) is 0 Å². The van der Waals surface area contributed by atoms with Crippen molar-refractivity contribution in [3.05, 3.63) is 67.4 Å². The molecule has 0 atom stereocenters. The molecule has 1 aliphatic rings. The number of hydrogen-bond donors (Lipinski definition) is 3. The lowest BCUT2D eigenvalue weighted by Gasteiger charge is -2.13. The fourth-order valence-electron chi connectivity index (χ4n) is 2.98. The molecule has 0 aromatic heterocycles.